The van der Waals surface area contributed by atoms with Crippen molar-refractivity contribution >= 4 is 5.97 Å². The summed E-state index contributed by atoms with van der Waals surface area (Å²) in [5.41, 5.74) is -5.81. The molecule has 0 saturated carbocycles. The fourth-order valence-electron chi connectivity index (χ4n) is 1.44. The number of carbonyl (C=O) groups is 1. The number of nitrogens with zero attached hydrogens (tertiary/aromatic N) is 1. The van der Waals surface area contributed by atoms with Crippen molar-refractivity contribution in [1.29, 1.82) is 5.26 Å². The number of nitriles is 1. The van der Waals surface area contributed by atoms with Crippen LogP contribution in [0, 0.1) is 11.3 Å². The lowest BCUT2D eigenvalue weighted by atomic mass is 9.98. The number of halogens is 6. The molecule has 3 nitrogen and oxygen atoms in total. The summed E-state index contributed by atoms with van der Waals surface area (Å²) >= 11 is 0. The highest BCUT2D eigenvalue weighted by atomic mass is 19.4. The maximum atomic E-state index is 12.6. The van der Waals surface area contributed by atoms with Gasteiger partial charge in [0, 0.05) is 0 Å². The Morgan fingerprint density at radius 2 is 1.55 bits per heavy atom. The predicted molar refractivity (Wildman–Crippen MR) is 52.5 cm³/mol. The van der Waals surface area contributed by atoms with E-state index in [1.807, 2.05) is 0 Å². The van der Waals surface area contributed by atoms with E-state index in [0.29, 0.717) is 0 Å². The molecule has 1 rings (SSSR count). The Hall–Kier alpha value is -2.24. The summed E-state index contributed by atoms with van der Waals surface area (Å²) in [6.45, 7) is 0. The van der Waals surface area contributed by atoms with Crippen LogP contribution in [0.4, 0.5) is 26.3 Å². The third-order valence-corrected chi connectivity index (χ3v) is 2.29. The van der Waals surface area contributed by atoms with Crippen molar-refractivity contribution in [1.82, 2.24) is 0 Å². The predicted octanol–water partition coefficient (Wildman–Crippen LogP) is 3.38. The molecule has 0 amide bonds. The van der Waals surface area contributed by atoms with Gasteiger partial charge >= 0.3 is 18.3 Å². The molecular formula is C11H5F6NO2. The molecule has 0 saturated heterocycles. The van der Waals surface area contributed by atoms with Crippen molar-refractivity contribution in [2.75, 3.05) is 7.11 Å². The molecule has 9 heteroatoms. The number of hydrogen-bond acceptors (Lipinski definition) is 3. The first-order valence-electron chi connectivity index (χ1n) is 4.83. The number of ether oxygens (including phenoxy) is 1. The molecule has 0 spiro atoms. The third kappa shape index (κ3) is 3.01. The molecule has 1 aromatic carbocycles. The van der Waals surface area contributed by atoms with E-state index >= 15 is 0 Å². The number of methoxy groups -OCH3 is 1. The minimum absolute atomic E-state index is 0.0188. The van der Waals surface area contributed by atoms with Crippen LogP contribution in [-0.2, 0) is 17.1 Å². The Morgan fingerprint density at radius 3 is 1.90 bits per heavy atom. The van der Waals surface area contributed by atoms with E-state index in [9.17, 15) is 31.1 Å². The Bertz CT molecular complexity index is 582. The minimum atomic E-state index is -5.33. The molecule has 0 bridgehead atoms. The second-order valence-electron chi connectivity index (χ2n) is 3.54. The van der Waals surface area contributed by atoms with Crippen LogP contribution in [0.5, 0.6) is 0 Å². The van der Waals surface area contributed by atoms with Gasteiger partial charge in [-0.25, -0.2) is 4.79 Å². The van der Waals surface area contributed by atoms with Gasteiger partial charge in [-0.1, -0.05) is 0 Å². The summed E-state index contributed by atoms with van der Waals surface area (Å²) in [4.78, 5) is 11.2. The van der Waals surface area contributed by atoms with Gasteiger partial charge in [0.25, 0.3) is 0 Å². The van der Waals surface area contributed by atoms with Crippen molar-refractivity contribution < 1.29 is 35.9 Å². The van der Waals surface area contributed by atoms with Gasteiger partial charge in [0.05, 0.1) is 29.4 Å². The Kier molecular flexibility index (Phi) is 3.98. The smallest absolute Gasteiger partial charge is 0.417 e. The molecule has 1 aromatic rings. The maximum absolute atomic E-state index is 12.6. The molecule has 0 heterocycles. The summed E-state index contributed by atoms with van der Waals surface area (Å²) in [7, 11) is 0.828. The maximum Gasteiger partial charge on any atom is 0.417 e. The summed E-state index contributed by atoms with van der Waals surface area (Å²) < 4.78 is 79.8. The lowest BCUT2D eigenvalue weighted by Gasteiger charge is -2.17. The third-order valence-electron chi connectivity index (χ3n) is 2.29. The number of hydrogen-bond donors (Lipinski definition) is 0. The van der Waals surface area contributed by atoms with Gasteiger partial charge in [0.15, 0.2) is 0 Å². The minimum Gasteiger partial charge on any atom is -0.465 e. The zero-order valence-electron chi connectivity index (χ0n) is 9.69. The van der Waals surface area contributed by atoms with Crippen LogP contribution in [0.2, 0.25) is 0 Å². The summed E-state index contributed by atoms with van der Waals surface area (Å²) in [5, 5.41) is 8.64. The summed E-state index contributed by atoms with van der Waals surface area (Å²) in [6.07, 6.45) is -10.6. The van der Waals surface area contributed by atoms with Gasteiger partial charge in [-0.05, 0) is 12.1 Å². The lowest BCUT2D eigenvalue weighted by molar-refractivity contribution is -0.162. The summed E-state index contributed by atoms with van der Waals surface area (Å²) in [6, 6.07) is 1.18. The van der Waals surface area contributed by atoms with E-state index in [-0.39, 0.29) is 12.1 Å². The van der Waals surface area contributed by atoms with Gasteiger partial charge < -0.3 is 4.74 Å². The highest BCUT2D eigenvalue weighted by Gasteiger charge is 2.44. The van der Waals surface area contributed by atoms with Gasteiger partial charge in [0.2, 0.25) is 0 Å². The average molecular weight is 297 g/mol. The molecule has 0 unspecified atom stereocenters. The fraction of sp³-hybridized carbons (Fsp3) is 0.273. The number of rotatable bonds is 1. The van der Waals surface area contributed by atoms with Crippen LogP contribution in [0.1, 0.15) is 27.0 Å². The molecule has 0 radical (unpaired) electrons. The molecule has 108 valence electrons. The van der Waals surface area contributed by atoms with E-state index in [1.165, 1.54) is 6.07 Å². The van der Waals surface area contributed by atoms with E-state index in [4.69, 9.17) is 5.26 Å². The highest BCUT2D eigenvalue weighted by Crippen LogP contribution is 2.41. The molecule has 0 aliphatic heterocycles. The van der Waals surface area contributed by atoms with Crippen LogP contribution in [-0.4, -0.2) is 13.1 Å². The second kappa shape index (κ2) is 5.03. The number of esters is 1. The summed E-state index contributed by atoms with van der Waals surface area (Å²) in [5.74, 6) is -1.33. The van der Waals surface area contributed by atoms with Crippen LogP contribution >= 0.6 is 0 Å². The molecule has 0 N–H and O–H groups in total. The van der Waals surface area contributed by atoms with Gasteiger partial charge in [0.1, 0.15) is 6.07 Å². The second-order valence-corrected chi connectivity index (χ2v) is 3.54. The fourth-order valence-corrected chi connectivity index (χ4v) is 1.44. The first kappa shape index (κ1) is 15.8. The molecule has 0 aliphatic carbocycles. The quantitative estimate of drug-likeness (QED) is 0.590. The lowest BCUT2D eigenvalue weighted by Crippen LogP contribution is -2.19. The average Bonchev–Trinajstić information content (AvgIpc) is 2.33. The van der Waals surface area contributed by atoms with Crippen molar-refractivity contribution in [3.8, 4) is 6.07 Å². The highest BCUT2D eigenvalue weighted by molar-refractivity contribution is 5.92. The molecule has 0 aliphatic rings. The monoisotopic (exact) mass is 297 g/mol. The first-order valence-corrected chi connectivity index (χ1v) is 4.83. The molecular weight excluding hydrogens is 292 g/mol. The number of alkyl halides is 6. The topological polar surface area (TPSA) is 50.1 Å². The van der Waals surface area contributed by atoms with Crippen molar-refractivity contribution in [3.05, 3.63) is 34.4 Å². The van der Waals surface area contributed by atoms with E-state index in [1.54, 1.807) is 0 Å². The van der Waals surface area contributed by atoms with Gasteiger partial charge in [-0.15, -0.1) is 0 Å². The van der Waals surface area contributed by atoms with Crippen molar-refractivity contribution in [3.63, 3.8) is 0 Å². The standard InChI is InChI=1S/C11H5F6NO2/c1-20-9(19)6-3-8(11(15,16)17)7(10(12,13)14)2-5(6)4-18/h2-3H,1H3. The number of benzene rings is 1. The molecule has 20 heavy (non-hydrogen) atoms. The van der Waals surface area contributed by atoms with E-state index in [2.05, 4.69) is 4.74 Å². The Labute approximate surface area is 108 Å². The zero-order chi connectivity index (χ0) is 15.7. The van der Waals surface area contributed by atoms with Crippen LogP contribution in [0.25, 0.3) is 0 Å². The van der Waals surface area contributed by atoms with Crippen LogP contribution in [0.15, 0.2) is 12.1 Å². The first-order chi connectivity index (χ1) is 9.02. The van der Waals surface area contributed by atoms with E-state index < -0.39 is 40.6 Å². The van der Waals surface area contributed by atoms with Gasteiger partial charge in [-0.3, -0.25) is 0 Å². The Balaban J connectivity index is 3.73. The van der Waals surface area contributed by atoms with Crippen molar-refractivity contribution in [2.45, 2.75) is 12.4 Å². The SMILES string of the molecule is COC(=O)c1cc(C(F)(F)F)c(C(F)(F)F)cc1C#N. The Morgan fingerprint density at radius 1 is 1.10 bits per heavy atom. The molecule has 0 atom stereocenters. The normalized spacial score (nSPS) is 11.9. The number of carbonyl (C=O) groups excluding carboxylic acids is 1. The van der Waals surface area contributed by atoms with E-state index in [0.717, 1.165) is 7.11 Å². The van der Waals surface area contributed by atoms with Crippen LogP contribution < -0.4 is 0 Å². The largest absolute Gasteiger partial charge is 0.465 e. The molecule has 0 aromatic heterocycles. The molecule has 0 fully saturated rings. The van der Waals surface area contributed by atoms with Crippen LogP contribution in [0.3, 0.4) is 0 Å². The van der Waals surface area contributed by atoms with Crippen molar-refractivity contribution in [2.24, 2.45) is 0 Å². The zero-order valence-corrected chi connectivity index (χ0v) is 9.69. The van der Waals surface area contributed by atoms with Gasteiger partial charge in [-0.2, -0.15) is 31.6 Å².